The third kappa shape index (κ3) is 3.85. The van der Waals surface area contributed by atoms with Crippen molar-refractivity contribution in [3.8, 4) is 5.75 Å². The maximum absolute atomic E-state index is 13.5. The molecular formula is C26H19Cl2N3O3. The monoisotopic (exact) mass is 491 g/mol. The van der Waals surface area contributed by atoms with Gasteiger partial charge in [-0.3, -0.25) is 14.2 Å². The van der Waals surface area contributed by atoms with Crippen LogP contribution in [0, 0.1) is 0 Å². The summed E-state index contributed by atoms with van der Waals surface area (Å²) >= 11 is 11.9. The van der Waals surface area contributed by atoms with Gasteiger partial charge >= 0.3 is 0 Å². The Morgan fingerprint density at radius 1 is 1.12 bits per heavy atom. The van der Waals surface area contributed by atoms with E-state index in [0.717, 1.165) is 11.1 Å². The maximum atomic E-state index is 13.5. The highest BCUT2D eigenvalue weighted by Crippen LogP contribution is 2.36. The molecule has 0 saturated heterocycles. The zero-order valence-electron chi connectivity index (χ0n) is 18.0. The number of phenolic OH excluding ortho intramolecular Hbond substituents is 1. The lowest BCUT2D eigenvalue weighted by atomic mass is 10.0. The number of hydrogen-bond acceptors (Lipinski definition) is 4. The molecule has 8 heteroatoms. The second-order valence-corrected chi connectivity index (χ2v) is 9.00. The van der Waals surface area contributed by atoms with E-state index in [2.05, 4.69) is 35.4 Å². The van der Waals surface area contributed by atoms with E-state index in [4.69, 9.17) is 23.2 Å². The fraction of sp³-hybridized carbons (Fsp3) is 0.115. The van der Waals surface area contributed by atoms with Crippen LogP contribution in [-0.2, 0) is 6.54 Å². The third-order valence-corrected chi connectivity index (χ3v) is 6.55. The van der Waals surface area contributed by atoms with Crippen LogP contribution in [0.15, 0.2) is 71.8 Å². The Balaban J connectivity index is 1.52. The summed E-state index contributed by atoms with van der Waals surface area (Å²) in [6, 6.07) is 15.9. The number of allylic oxidation sites excluding steroid dienone is 2. The summed E-state index contributed by atoms with van der Waals surface area (Å²) in [6.45, 7) is 2.50. The number of aromatic nitrogens is 2. The van der Waals surface area contributed by atoms with Crippen molar-refractivity contribution < 1.29 is 9.90 Å². The minimum atomic E-state index is -0.521. The van der Waals surface area contributed by atoms with Gasteiger partial charge in [0.25, 0.3) is 11.5 Å². The number of phenols is 1. The normalized spacial score (nSPS) is 14.7. The van der Waals surface area contributed by atoms with Gasteiger partial charge in [0, 0.05) is 11.5 Å². The summed E-state index contributed by atoms with van der Waals surface area (Å²) < 4.78 is 1.55. The van der Waals surface area contributed by atoms with Crippen LogP contribution in [0.1, 0.15) is 34.3 Å². The lowest BCUT2D eigenvalue weighted by Gasteiger charge is -2.12. The average Bonchev–Trinajstić information content (AvgIpc) is 3.14. The first-order valence-electron chi connectivity index (χ1n) is 10.6. The van der Waals surface area contributed by atoms with Crippen LogP contribution < -0.4 is 10.9 Å². The number of carbonyl (C=O) groups is 1. The van der Waals surface area contributed by atoms with E-state index in [1.165, 1.54) is 24.0 Å². The Morgan fingerprint density at radius 2 is 1.85 bits per heavy atom. The van der Waals surface area contributed by atoms with E-state index < -0.39 is 5.91 Å². The van der Waals surface area contributed by atoms with Crippen molar-refractivity contribution >= 4 is 51.3 Å². The molecule has 1 aromatic heterocycles. The molecule has 1 atom stereocenters. The Labute approximate surface area is 205 Å². The summed E-state index contributed by atoms with van der Waals surface area (Å²) in [6.07, 6.45) is 3.69. The SMILES string of the molecule is CC1C=C(Cn2cnc3cccc(NC(=O)c4cc(Cl)c(O)c(Cl)c4)c3c2=O)c2ccccc21. The number of nitrogens with one attached hydrogen (secondary N) is 1. The average molecular weight is 492 g/mol. The topological polar surface area (TPSA) is 84.2 Å². The van der Waals surface area contributed by atoms with E-state index in [9.17, 15) is 14.7 Å². The van der Waals surface area contributed by atoms with Crippen LogP contribution in [0.3, 0.4) is 0 Å². The molecule has 0 radical (unpaired) electrons. The van der Waals surface area contributed by atoms with Gasteiger partial charge in [0.1, 0.15) is 0 Å². The highest BCUT2D eigenvalue weighted by Gasteiger charge is 2.21. The zero-order valence-corrected chi connectivity index (χ0v) is 19.6. The van der Waals surface area contributed by atoms with Crippen molar-refractivity contribution in [2.24, 2.45) is 0 Å². The first-order valence-corrected chi connectivity index (χ1v) is 11.4. The minimum Gasteiger partial charge on any atom is -0.505 e. The first-order chi connectivity index (χ1) is 16.3. The van der Waals surface area contributed by atoms with Crippen LogP contribution in [0.25, 0.3) is 16.5 Å². The molecule has 1 aliphatic rings. The highest BCUT2D eigenvalue weighted by molar-refractivity contribution is 6.37. The number of hydrogen-bond donors (Lipinski definition) is 2. The number of aromatic hydroxyl groups is 1. The first kappa shape index (κ1) is 22.2. The number of nitrogens with zero attached hydrogens (tertiary/aromatic N) is 2. The lowest BCUT2D eigenvalue weighted by Crippen LogP contribution is -2.23. The van der Waals surface area contributed by atoms with E-state index in [-0.39, 0.29) is 32.8 Å². The molecule has 1 heterocycles. The summed E-state index contributed by atoms with van der Waals surface area (Å²) in [4.78, 5) is 30.8. The van der Waals surface area contributed by atoms with E-state index in [0.29, 0.717) is 23.1 Å². The minimum absolute atomic E-state index is 0.0426. The van der Waals surface area contributed by atoms with Gasteiger partial charge in [0.15, 0.2) is 5.75 Å². The molecule has 5 rings (SSSR count). The lowest BCUT2D eigenvalue weighted by molar-refractivity contribution is 0.102. The van der Waals surface area contributed by atoms with Gasteiger partial charge < -0.3 is 10.4 Å². The second-order valence-electron chi connectivity index (χ2n) is 8.19. The van der Waals surface area contributed by atoms with Crippen molar-refractivity contribution in [1.82, 2.24) is 9.55 Å². The Kier molecular flexibility index (Phi) is 5.63. The van der Waals surface area contributed by atoms with Crippen LogP contribution in [0.2, 0.25) is 10.0 Å². The number of anilines is 1. The van der Waals surface area contributed by atoms with Gasteiger partial charge in [-0.25, -0.2) is 4.98 Å². The van der Waals surface area contributed by atoms with Crippen molar-refractivity contribution in [2.75, 3.05) is 5.32 Å². The summed E-state index contributed by atoms with van der Waals surface area (Å²) in [5.41, 5.74) is 4.10. The molecule has 0 fully saturated rings. The molecule has 0 spiro atoms. The van der Waals surface area contributed by atoms with E-state index in [1.807, 2.05) is 12.1 Å². The maximum Gasteiger partial charge on any atom is 0.263 e. The molecular weight excluding hydrogens is 473 g/mol. The van der Waals surface area contributed by atoms with Crippen LogP contribution in [0.5, 0.6) is 5.75 Å². The quantitative estimate of drug-likeness (QED) is 0.374. The van der Waals surface area contributed by atoms with Gasteiger partial charge in [0.2, 0.25) is 0 Å². The number of rotatable bonds is 4. The van der Waals surface area contributed by atoms with E-state index in [1.54, 1.807) is 22.8 Å². The van der Waals surface area contributed by atoms with Gasteiger partial charge in [-0.2, -0.15) is 0 Å². The summed E-state index contributed by atoms with van der Waals surface area (Å²) in [7, 11) is 0. The predicted octanol–water partition coefficient (Wildman–Crippen LogP) is 5.86. The van der Waals surface area contributed by atoms with Crippen LogP contribution in [0.4, 0.5) is 5.69 Å². The van der Waals surface area contributed by atoms with Crippen molar-refractivity contribution in [3.05, 3.63) is 104 Å². The highest BCUT2D eigenvalue weighted by atomic mass is 35.5. The molecule has 1 amide bonds. The third-order valence-electron chi connectivity index (χ3n) is 5.97. The number of benzene rings is 3. The predicted molar refractivity (Wildman–Crippen MR) is 135 cm³/mol. The molecule has 0 bridgehead atoms. The Morgan fingerprint density at radius 3 is 2.62 bits per heavy atom. The second kappa shape index (κ2) is 8.63. The standard InChI is InChI=1S/C26H19Cl2N3O3/c1-14-9-16(18-6-3-2-5-17(14)18)12-31-13-29-21-7-4-8-22(23(21)26(31)34)30-25(33)15-10-19(27)24(32)20(28)11-15/h2-11,13-14,32H,12H2,1H3,(H,30,33). The number of carbonyl (C=O) groups excluding carboxylic acids is 1. The van der Waals surface area contributed by atoms with Crippen molar-refractivity contribution in [1.29, 1.82) is 0 Å². The number of amides is 1. The zero-order chi connectivity index (χ0) is 24.0. The molecule has 3 aromatic carbocycles. The Hall–Kier alpha value is -3.61. The van der Waals surface area contributed by atoms with Crippen LogP contribution in [-0.4, -0.2) is 20.6 Å². The van der Waals surface area contributed by atoms with Crippen molar-refractivity contribution in [3.63, 3.8) is 0 Å². The van der Waals surface area contributed by atoms with Crippen LogP contribution >= 0.6 is 23.2 Å². The Bertz CT molecular complexity index is 1540. The fourth-order valence-electron chi connectivity index (χ4n) is 4.30. The molecule has 0 aliphatic heterocycles. The number of fused-ring (bicyclic) bond motifs is 2. The molecule has 6 nitrogen and oxygen atoms in total. The molecule has 34 heavy (non-hydrogen) atoms. The number of halogens is 2. The smallest absolute Gasteiger partial charge is 0.263 e. The molecule has 0 saturated carbocycles. The largest absolute Gasteiger partial charge is 0.505 e. The summed E-state index contributed by atoms with van der Waals surface area (Å²) in [5.74, 6) is -0.546. The van der Waals surface area contributed by atoms with Gasteiger partial charge in [-0.05, 0) is 41.0 Å². The molecule has 4 aromatic rings. The molecule has 1 unspecified atom stereocenters. The van der Waals surface area contributed by atoms with Gasteiger partial charge in [-0.15, -0.1) is 0 Å². The van der Waals surface area contributed by atoms with Crippen molar-refractivity contribution in [2.45, 2.75) is 19.4 Å². The molecule has 2 N–H and O–H groups in total. The summed E-state index contributed by atoms with van der Waals surface area (Å²) in [5, 5.41) is 12.7. The molecule has 1 aliphatic carbocycles. The fourth-order valence-corrected chi connectivity index (χ4v) is 4.78. The van der Waals surface area contributed by atoms with Gasteiger partial charge in [0.05, 0.1) is 39.5 Å². The van der Waals surface area contributed by atoms with E-state index >= 15 is 0 Å². The molecule has 170 valence electrons. The van der Waals surface area contributed by atoms with Gasteiger partial charge in [-0.1, -0.05) is 66.5 Å².